The van der Waals surface area contributed by atoms with Crippen molar-refractivity contribution in [3.05, 3.63) is 39.9 Å². The first-order chi connectivity index (χ1) is 9.13. The normalized spacial score (nSPS) is 14.9. The number of benzene rings is 1. The van der Waals surface area contributed by atoms with Crippen molar-refractivity contribution in [1.29, 1.82) is 0 Å². The van der Waals surface area contributed by atoms with Gasteiger partial charge in [0.25, 0.3) is 0 Å². The second-order valence-electron chi connectivity index (χ2n) is 4.86. The van der Waals surface area contributed by atoms with Crippen LogP contribution in [0.4, 0.5) is 4.39 Å². The van der Waals surface area contributed by atoms with Crippen LogP contribution in [0.1, 0.15) is 24.1 Å². The molecule has 0 saturated heterocycles. The van der Waals surface area contributed by atoms with Gasteiger partial charge in [0.05, 0.1) is 22.1 Å². The SMILES string of the molecule is Cc1cc(Br)c(F)cc1-n1cc(CNC2CC2)nn1. The van der Waals surface area contributed by atoms with Crippen LogP contribution in [-0.2, 0) is 6.54 Å². The van der Waals surface area contributed by atoms with E-state index in [4.69, 9.17) is 0 Å². The Morgan fingerprint density at radius 1 is 1.47 bits per heavy atom. The summed E-state index contributed by atoms with van der Waals surface area (Å²) in [5.74, 6) is -0.297. The molecule has 0 unspecified atom stereocenters. The molecular formula is C13H14BrFN4. The highest BCUT2D eigenvalue weighted by molar-refractivity contribution is 9.10. The van der Waals surface area contributed by atoms with E-state index in [0.29, 0.717) is 22.7 Å². The van der Waals surface area contributed by atoms with Crippen molar-refractivity contribution in [2.24, 2.45) is 0 Å². The van der Waals surface area contributed by atoms with Gasteiger partial charge in [0.2, 0.25) is 0 Å². The van der Waals surface area contributed by atoms with Crippen LogP contribution in [0, 0.1) is 12.7 Å². The molecule has 100 valence electrons. The Morgan fingerprint density at radius 3 is 3.00 bits per heavy atom. The molecular weight excluding hydrogens is 311 g/mol. The van der Waals surface area contributed by atoms with E-state index in [-0.39, 0.29) is 5.82 Å². The largest absolute Gasteiger partial charge is 0.308 e. The number of rotatable bonds is 4. The summed E-state index contributed by atoms with van der Waals surface area (Å²) < 4.78 is 15.7. The molecule has 0 aliphatic heterocycles. The molecule has 19 heavy (non-hydrogen) atoms. The maximum Gasteiger partial charge on any atom is 0.139 e. The van der Waals surface area contributed by atoms with Crippen molar-refractivity contribution in [1.82, 2.24) is 20.3 Å². The average molecular weight is 325 g/mol. The number of hydrogen-bond acceptors (Lipinski definition) is 3. The van der Waals surface area contributed by atoms with Crippen LogP contribution in [0.5, 0.6) is 0 Å². The fourth-order valence-corrected chi connectivity index (χ4v) is 2.37. The van der Waals surface area contributed by atoms with Crippen LogP contribution in [0.25, 0.3) is 5.69 Å². The van der Waals surface area contributed by atoms with E-state index in [1.807, 2.05) is 13.1 Å². The molecule has 1 saturated carbocycles. The van der Waals surface area contributed by atoms with Gasteiger partial charge in [0.15, 0.2) is 0 Å². The Hall–Kier alpha value is -1.27. The lowest BCUT2D eigenvalue weighted by atomic mass is 10.2. The minimum atomic E-state index is -0.297. The lowest BCUT2D eigenvalue weighted by Crippen LogP contribution is -2.15. The summed E-state index contributed by atoms with van der Waals surface area (Å²) in [4.78, 5) is 0. The minimum absolute atomic E-state index is 0.297. The second-order valence-corrected chi connectivity index (χ2v) is 5.72. The van der Waals surface area contributed by atoms with Gasteiger partial charge in [-0.05, 0) is 47.3 Å². The first kappa shape index (κ1) is 12.7. The molecule has 0 spiro atoms. The quantitative estimate of drug-likeness (QED) is 0.940. The Kier molecular flexibility index (Phi) is 3.36. The van der Waals surface area contributed by atoms with E-state index in [9.17, 15) is 4.39 Å². The molecule has 1 aromatic heterocycles. The van der Waals surface area contributed by atoms with E-state index in [1.54, 1.807) is 10.7 Å². The zero-order valence-corrected chi connectivity index (χ0v) is 12.1. The Morgan fingerprint density at radius 2 is 2.26 bits per heavy atom. The van der Waals surface area contributed by atoms with Crippen molar-refractivity contribution in [3.63, 3.8) is 0 Å². The van der Waals surface area contributed by atoms with Crippen LogP contribution < -0.4 is 5.32 Å². The fourth-order valence-electron chi connectivity index (χ4n) is 1.92. The topological polar surface area (TPSA) is 42.7 Å². The smallest absolute Gasteiger partial charge is 0.139 e. The molecule has 1 fully saturated rings. The second kappa shape index (κ2) is 5.02. The molecule has 0 atom stereocenters. The molecule has 0 radical (unpaired) electrons. The molecule has 3 rings (SSSR count). The molecule has 1 aromatic carbocycles. The first-order valence-corrected chi connectivity index (χ1v) is 7.03. The number of aromatic nitrogens is 3. The molecule has 2 aromatic rings. The van der Waals surface area contributed by atoms with Gasteiger partial charge in [-0.1, -0.05) is 5.21 Å². The van der Waals surface area contributed by atoms with Crippen LogP contribution >= 0.6 is 15.9 Å². The summed E-state index contributed by atoms with van der Waals surface area (Å²) in [7, 11) is 0. The highest BCUT2D eigenvalue weighted by Crippen LogP contribution is 2.23. The molecule has 4 nitrogen and oxygen atoms in total. The molecule has 0 bridgehead atoms. The molecule has 6 heteroatoms. The summed E-state index contributed by atoms with van der Waals surface area (Å²) in [6.07, 6.45) is 4.32. The maximum absolute atomic E-state index is 13.6. The number of hydrogen-bond donors (Lipinski definition) is 1. The number of nitrogens with zero attached hydrogens (tertiary/aromatic N) is 3. The number of halogens is 2. The van der Waals surface area contributed by atoms with Crippen LogP contribution in [0.2, 0.25) is 0 Å². The number of nitrogens with one attached hydrogen (secondary N) is 1. The van der Waals surface area contributed by atoms with Crippen molar-refractivity contribution in [2.75, 3.05) is 0 Å². The summed E-state index contributed by atoms with van der Waals surface area (Å²) in [6.45, 7) is 2.63. The third-order valence-electron chi connectivity index (χ3n) is 3.18. The van der Waals surface area contributed by atoms with E-state index in [1.165, 1.54) is 18.9 Å². The van der Waals surface area contributed by atoms with Crippen molar-refractivity contribution in [2.45, 2.75) is 32.4 Å². The zero-order chi connectivity index (χ0) is 13.4. The van der Waals surface area contributed by atoms with Crippen LogP contribution in [0.15, 0.2) is 22.8 Å². The summed E-state index contributed by atoms with van der Waals surface area (Å²) in [6, 6.07) is 3.85. The highest BCUT2D eigenvalue weighted by atomic mass is 79.9. The van der Waals surface area contributed by atoms with E-state index < -0.39 is 0 Å². The van der Waals surface area contributed by atoms with Crippen molar-refractivity contribution < 1.29 is 4.39 Å². The summed E-state index contributed by atoms with van der Waals surface area (Å²) in [5.41, 5.74) is 2.53. The average Bonchev–Trinajstić information content (AvgIpc) is 3.09. The number of aryl methyl sites for hydroxylation is 1. The minimum Gasteiger partial charge on any atom is -0.308 e. The van der Waals surface area contributed by atoms with Gasteiger partial charge < -0.3 is 5.32 Å². The fraction of sp³-hybridized carbons (Fsp3) is 0.385. The predicted octanol–water partition coefficient (Wildman–Crippen LogP) is 2.73. The van der Waals surface area contributed by atoms with E-state index >= 15 is 0 Å². The van der Waals surface area contributed by atoms with Crippen LogP contribution in [-0.4, -0.2) is 21.0 Å². The van der Waals surface area contributed by atoms with Crippen molar-refractivity contribution in [3.8, 4) is 5.69 Å². The molecule has 1 aliphatic carbocycles. The lowest BCUT2D eigenvalue weighted by molar-refractivity contribution is 0.617. The Labute approximate surface area is 119 Å². The van der Waals surface area contributed by atoms with Gasteiger partial charge >= 0.3 is 0 Å². The third kappa shape index (κ3) is 2.84. The Balaban J connectivity index is 1.83. The monoisotopic (exact) mass is 324 g/mol. The van der Waals surface area contributed by atoms with Gasteiger partial charge in [0, 0.05) is 18.7 Å². The zero-order valence-electron chi connectivity index (χ0n) is 10.5. The molecule has 1 N–H and O–H groups in total. The van der Waals surface area contributed by atoms with E-state index in [2.05, 4.69) is 31.6 Å². The van der Waals surface area contributed by atoms with Gasteiger partial charge in [0.1, 0.15) is 5.82 Å². The Bertz CT molecular complexity index is 607. The molecule has 0 amide bonds. The third-order valence-corrected chi connectivity index (χ3v) is 3.78. The maximum atomic E-state index is 13.6. The van der Waals surface area contributed by atoms with Gasteiger partial charge in [-0.3, -0.25) is 0 Å². The van der Waals surface area contributed by atoms with Gasteiger partial charge in [-0.15, -0.1) is 5.10 Å². The van der Waals surface area contributed by atoms with Gasteiger partial charge in [-0.2, -0.15) is 0 Å². The first-order valence-electron chi connectivity index (χ1n) is 6.24. The van der Waals surface area contributed by atoms with E-state index in [0.717, 1.165) is 11.3 Å². The standard InChI is InChI=1S/C13H14BrFN4/c1-8-4-11(14)12(15)5-13(8)19-7-10(17-18-19)6-16-9-2-3-9/h4-5,7,9,16H,2-3,6H2,1H3. The highest BCUT2D eigenvalue weighted by Gasteiger charge is 2.20. The summed E-state index contributed by atoms with van der Waals surface area (Å²) >= 11 is 3.18. The molecule has 1 aliphatic rings. The summed E-state index contributed by atoms with van der Waals surface area (Å²) in [5, 5.41) is 11.5. The predicted molar refractivity (Wildman–Crippen MR) is 73.6 cm³/mol. The van der Waals surface area contributed by atoms with Gasteiger partial charge in [-0.25, -0.2) is 9.07 Å². The van der Waals surface area contributed by atoms with Crippen LogP contribution in [0.3, 0.4) is 0 Å². The molecule has 1 heterocycles. The lowest BCUT2D eigenvalue weighted by Gasteiger charge is -2.06. The van der Waals surface area contributed by atoms with Crippen molar-refractivity contribution >= 4 is 15.9 Å².